The number of methoxy groups -OCH3 is 1. The van der Waals surface area contributed by atoms with Gasteiger partial charge in [0.15, 0.2) is 0 Å². The van der Waals surface area contributed by atoms with Crippen LogP contribution in [0.3, 0.4) is 0 Å². The molecule has 0 unspecified atom stereocenters. The van der Waals surface area contributed by atoms with Crippen LogP contribution in [-0.4, -0.2) is 28.0 Å². The molecule has 0 heterocycles. The van der Waals surface area contributed by atoms with E-state index in [4.69, 9.17) is 16.3 Å². The van der Waals surface area contributed by atoms with Crippen LogP contribution >= 0.6 is 11.6 Å². The highest BCUT2D eigenvalue weighted by atomic mass is 35.5. The molecule has 3 rings (SSSR count). The Balaban J connectivity index is 1.93. The summed E-state index contributed by atoms with van der Waals surface area (Å²) in [5, 5.41) is 3.17. The molecule has 1 N–H and O–H groups in total. The maximum absolute atomic E-state index is 13.3. The monoisotopic (exact) mass is 430 g/mol. The molecule has 0 spiro atoms. The van der Waals surface area contributed by atoms with Crippen LogP contribution in [0.4, 0.5) is 11.4 Å². The smallest absolute Gasteiger partial charge is 0.264 e. The van der Waals surface area contributed by atoms with Gasteiger partial charge >= 0.3 is 0 Å². The summed E-state index contributed by atoms with van der Waals surface area (Å²) in [6, 6.07) is 21.1. The summed E-state index contributed by atoms with van der Waals surface area (Å²) in [4.78, 5) is 12.6. The van der Waals surface area contributed by atoms with Gasteiger partial charge in [-0.1, -0.05) is 29.8 Å². The summed E-state index contributed by atoms with van der Waals surface area (Å²) in [6.45, 7) is -0.398. The maximum Gasteiger partial charge on any atom is 0.264 e. The Morgan fingerprint density at radius 1 is 0.966 bits per heavy atom. The second-order valence-electron chi connectivity index (χ2n) is 6.08. The molecule has 0 saturated heterocycles. The van der Waals surface area contributed by atoms with E-state index >= 15 is 0 Å². The molecule has 0 radical (unpaired) electrons. The number of para-hydroxylation sites is 1. The van der Waals surface area contributed by atoms with Gasteiger partial charge in [-0.25, -0.2) is 8.42 Å². The SMILES string of the molecule is COc1ccc(S(=O)(=O)N(CC(=O)Nc2ccccc2)c2ccc(Cl)cc2)cc1. The van der Waals surface area contributed by atoms with Gasteiger partial charge in [0.05, 0.1) is 17.7 Å². The van der Waals surface area contributed by atoms with E-state index in [2.05, 4.69) is 5.32 Å². The Labute approximate surface area is 174 Å². The number of hydrogen-bond acceptors (Lipinski definition) is 4. The predicted octanol–water partition coefficient (Wildman–Crippen LogP) is 4.18. The zero-order valence-electron chi connectivity index (χ0n) is 15.6. The topological polar surface area (TPSA) is 75.7 Å². The molecule has 0 aliphatic heterocycles. The molecule has 0 saturated carbocycles. The molecule has 8 heteroatoms. The van der Waals surface area contributed by atoms with Crippen molar-refractivity contribution in [3.8, 4) is 5.75 Å². The first kappa shape index (κ1) is 20.7. The number of rotatable bonds is 7. The average Bonchev–Trinajstić information content (AvgIpc) is 2.73. The zero-order valence-corrected chi connectivity index (χ0v) is 17.2. The van der Waals surface area contributed by atoms with Gasteiger partial charge < -0.3 is 10.1 Å². The molecule has 150 valence electrons. The van der Waals surface area contributed by atoms with E-state index < -0.39 is 22.5 Å². The van der Waals surface area contributed by atoms with Gasteiger partial charge in [0, 0.05) is 10.7 Å². The quantitative estimate of drug-likeness (QED) is 0.610. The Morgan fingerprint density at radius 2 is 1.59 bits per heavy atom. The highest BCUT2D eigenvalue weighted by Crippen LogP contribution is 2.26. The van der Waals surface area contributed by atoms with Crippen molar-refractivity contribution < 1.29 is 17.9 Å². The molecule has 0 bridgehead atoms. The fourth-order valence-corrected chi connectivity index (χ4v) is 4.20. The Bertz CT molecular complexity index is 1070. The molecule has 29 heavy (non-hydrogen) atoms. The number of nitrogens with zero attached hydrogens (tertiary/aromatic N) is 1. The molecule has 3 aromatic carbocycles. The third kappa shape index (κ3) is 5.07. The summed E-state index contributed by atoms with van der Waals surface area (Å²) in [5.41, 5.74) is 0.906. The number of anilines is 2. The number of benzene rings is 3. The minimum Gasteiger partial charge on any atom is -0.497 e. The highest BCUT2D eigenvalue weighted by molar-refractivity contribution is 7.92. The first-order valence-electron chi connectivity index (χ1n) is 8.67. The van der Waals surface area contributed by atoms with Gasteiger partial charge in [0.25, 0.3) is 10.0 Å². The molecule has 1 amide bonds. The number of hydrogen-bond donors (Lipinski definition) is 1. The number of ether oxygens (including phenoxy) is 1. The predicted molar refractivity (Wildman–Crippen MR) is 114 cm³/mol. The number of nitrogens with one attached hydrogen (secondary N) is 1. The van der Waals surface area contributed by atoms with E-state index in [0.29, 0.717) is 22.1 Å². The third-order valence-electron chi connectivity index (χ3n) is 4.11. The Kier molecular flexibility index (Phi) is 6.41. The van der Waals surface area contributed by atoms with Crippen molar-refractivity contribution in [2.24, 2.45) is 0 Å². The maximum atomic E-state index is 13.3. The number of halogens is 1. The van der Waals surface area contributed by atoms with Crippen molar-refractivity contribution in [1.82, 2.24) is 0 Å². The van der Waals surface area contributed by atoms with E-state index in [1.807, 2.05) is 6.07 Å². The second-order valence-corrected chi connectivity index (χ2v) is 8.38. The fraction of sp³-hybridized carbons (Fsp3) is 0.0952. The summed E-state index contributed by atoms with van der Waals surface area (Å²) >= 11 is 5.93. The molecule has 0 atom stereocenters. The number of amides is 1. The number of carbonyl (C=O) groups is 1. The number of carbonyl (C=O) groups excluding carboxylic acids is 1. The van der Waals surface area contributed by atoms with Crippen molar-refractivity contribution in [3.05, 3.63) is 83.9 Å². The van der Waals surface area contributed by atoms with E-state index in [1.165, 1.54) is 19.2 Å². The van der Waals surface area contributed by atoms with Crippen LogP contribution in [0.2, 0.25) is 5.02 Å². The van der Waals surface area contributed by atoms with E-state index in [-0.39, 0.29) is 4.90 Å². The fourth-order valence-electron chi connectivity index (χ4n) is 2.65. The van der Waals surface area contributed by atoms with Gasteiger partial charge in [-0.3, -0.25) is 9.10 Å². The van der Waals surface area contributed by atoms with Gasteiger partial charge in [0.2, 0.25) is 5.91 Å². The first-order chi connectivity index (χ1) is 13.9. The van der Waals surface area contributed by atoms with Crippen LogP contribution < -0.4 is 14.4 Å². The second kappa shape index (κ2) is 8.98. The Morgan fingerprint density at radius 3 is 2.17 bits per heavy atom. The van der Waals surface area contributed by atoms with Gasteiger partial charge in [-0.05, 0) is 60.7 Å². The lowest BCUT2D eigenvalue weighted by molar-refractivity contribution is -0.114. The van der Waals surface area contributed by atoms with E-state index in [9.17, 15) is 13.2 Å². The van der Waals surface area contributed by atoms with Crippen LogP contribution in [-0.2, 0) is 14.8 Å². The summed E-state index contributed by atoms with van der Waals surface area (Å²) in [7, 11) is -2.51. The van der Waals surface area contributed by atoms with Crippen molar-refractivity contribution in [2.75, 3.05) is 23.3 Å². The molecule has 0 aliphatic carbocycles. The lowest BCUT2D eigenvalue weighted by Gasteiger charge is -2.24. The molecule has 3 aromatic rings. The van der Waals surface area contributed by atoms with E-state index in [1.54, 1.807) is 60.7 Å². The molecular weight excluding hydrogens is 412 g/mol. The van der Waals surface area contributed by atoms with Crippen LogP contribution in [0.1, 0.15) is 0 Å². The minimum atomic E-state index is -4.01. The number of sulfonamides is 1. The van der Waals surface area contributed by atoms with Crippen LogP contribution in [0.15, 0.2) is 83.8 Å². The summed E-state index contributed by atoms with van der Waals surface area (Å²) < 4.78 is 32.7. The minimum absolute atomic E-state index is 0.0424. The first-order valence-corrected chi connectivity index (χ1v) is 10.5. The Hall–Kier alpha value is -3.03. The molecular formula is C21H19ClN2O4S. The standard InChI is InChI=1S/C21H19ClN2O4S/c1-28-19-11-13-20(14-12-19)29(26,27)24(18-9-7-16(22)8-10-18)15-21(25)23-17-5-3-2-4-6-17/h2-14H,15H2,1H3,(H,23,25). The third-order valence-corrected chi connectivity index (χ3v) is 6.15. The van der Waals surface area contributed by atoms with Crippen LogP contribution in [0, 0.1) is 0 Å². The van der Waals surface area contributed by atoms with E-state index in [0.717, 1.165) is 4.31 Å². The molecule has 0 aromatic heterocycles. The average molecular weight is 431 g/mol. The summed E-state index contributed by atoms with van der Waals surface area (Å²) in [6.07, 6.45) is 0. The van der Waals surface area contributed by atoms with Crippen molar-refractivity contribution in [2.45, 2.75) is 4.90 Å². The van der Waals surface area contributed by atoms with Crippen LogP contribution in [0.25, 0.3) is 0 Å². The molecule has 6 nitrogen and oxygen atoms in total. The van der Waals surface area contributed by atoms with Crippen molar-refractivity contribution in [1.29, 1.82) is 0 Å². The highest BCUT2D eigenvalue weighted by Gasteiger charge is 2.27. The van der Waals surface area contributed by atoms with Gasteiger partial charge in [-0.15, -0.1) is 0 Å². The lowest BCUT2D eigenvalue weighted by Crippen LogP contribution is -2.38. The molecule has 0 aliphatic rings. The molecule has 0 fully saturated rings. The largest absolute Gasteiger partial charge is 0.497 e. The van der Waals surface area contributed by atoms with Crippen molar-refractivity contribution >= 4 is 38.9 Å². The zero-order chi connectivity index (χ0) is 20.9. The van der Waals surface area contributed by atoms with Gasteiger partial charge in [0.1, 0.15) is 12.3 Å². The normalized spacial score (nSPS) is 11.0. The van der Waals surface area contributed by atoms with Crippen molar-refractivity contribution in [3.63, 3.8) is 0 Å². The van der Waals surface area contributed by atoms with Gasteiger partial charge in [-0.2, -0.15) is 0 Å². The summed E-state index contributed by atoms with van der Waals surface area (Å²) in [5.74, 6) is 0.0621. The lowest BCUT2D eigenvalue weighted by atomic mass is 10.3. The van der Waals surface area contributed by atoms with Crippen LogP contribution in [0.5, 0.6) is 5.75 Å².